The fourth-order valence-electron chi connectivity index (χ4n) is 10.9. The summed E-state index contributed by atoms with van der Waals surface area (Å²) < 4.78 is 0. The predicted octanol–water partition coefficient (Wildman–Crippen LogP) is 17.5. The number of nitrogens with zero attached hydrogens (tertiary/aromatic N) is 4. The van der Waals surface area contributed by atoms with Gasteiger partial charge in [-0.3, -0.25) is 0 Å². The Labute approximate surface area is 428 Å². The predicted molar refractivity (Wildman–Crippen MR) is 293 cm³/mol. The monoisotopic (exact) mass is 1090 g/mol. The molecule has 8 aromatic carbocycles. The Morgan fingerprint density at radius 2 is 0.521 bits per heavy atom. The summed E-state index contributed by atoms with van der Waals surface area (Å²) in [5.41, 5.74) is 21.9. The van der Waals surface area contributed by atoms with Crippen molar-refractivity contribution in [3.05, 3.63) is 217 Å². The molecule has 4 heterocycles. The van der Waals surface area contributed by atoms with Crippen LogP contribution in [0.2, 0.25) is 0 Å². The van der Waals surface area contributed by atoms with E-state index in [1.165, 1.54) is 11.1 Å². The van der Waals surface area contributed by atoms with Gasteiger partial charge >= 0.3 is 0 Å². The number of aromatic nitrogens is 4. The van der Waals surface area contributed by atoms with Gasteiger partial charge in [0.15, 0.2) is 0 Å². The molecule has 0 atom stereocenters. The topological polar surface area (TPSA) is 54.0 Å². The Morgan fingerprint density at radius 3 is 0.789 bits per heavy atom. The van der Waals surface area contributed by atoms with Crippen LogP contribution in [0, 0.1) is 0 Å². The van der Waals surface area contributed by atoms with E-state index >= 15 is 0 Å². The minimum absolute atomic E-state index is 0. The van der Waals surface area contributed by atoms with Crippen LogP contribution in [0.5, 0.6) is 0 Å². The second-order valence-corrected chi connectivity index (χ2v) is 19.2. The van der Waals surface area contributed by atoms with E-state index in [-0.39, 0.29) is 21.1 Å². The van der Waals surface area contributed by atoms with E-state index < -0.39 is 0 Å². The maximum absolute atomic E-state index is 5.93. The quantitative estimate of drug-likeness (QED) is 0.166. The smallest absolute Gasteiger partial charge is 0.0782 e. The van der Waals surface area contributed by atoms with Gasteiger partial charge in [0.05, 0.1) is 22.8 Å². The second-order valence-electron chi connectivity index (χ2n) is 19.2. The van der Waals surface area contributed by atoms with Crippen LogP contribution < -0.4 is 9.97 Å². The standard InChI is InChI=1S/C66H48N4.Pt/c1-39(2)41-31-35-45(36-32-41)57-63-51-27-15-11-23-47(51)59(67-63)55(43-19-7-5-8-20-43)61-49-25-13-17-29-53(49)65(69-61)58(46-37-33-42(34-38-46)40(3)4)66-54-30-18-14-26-50(54)62(70-66)56(44-21-9-6-10-22-44)60-48-24-12-16-28-52(48)64(57)68-60;/h5-40H,1-4H3;/q-2;. The van der Waals surface area contributed by atoms with Crippen molar-refractivity contribution in [3.63, 3.8) is 0 Å². The first kappa shape index (κ1) is 44.3. The molecule has 10 aromatic rings. The number of rotatable bonds is 6. The van der Waals surface area contributed by atoms with Crippen molar-refractivity contribution >= 4 is 43.6 Å². The fourth-order valence-corrected chi connectivity index (χ4v) is 10.9. The van der Waals surface area contributed by atoms with E-state index in [1.54, 1.807) is 0 Å². The first-order valence-corrected chi connectivity index (χ1v) is 24.4. The molecule has 8 bridgehead atoms. The summed E-state index contributed by atoms with van der Waals surface area (Å²) in [7, 11) is 0. The zero-order valence-electron chi connectivity index (χ0n) is 39.9. The molecule has 0 amide bonds. The maximum atomic E-state index is 5.93. The first-order valence-electron chi connectivity index (χ1n) is 24.4. The molecule has 3 aliphatic rings. The number of hydrogen-bond donors (Lipinski definition) is 0. The van der Waals surface area contributed by atoms with Crippen molar-refractivity contribution < 1.29 is 21.1 Å². The van der Waals surface area contributed by atoms with Gasteiger partial charge in [-0.05, 0) is 89.0 Å². The normalized spacial score (nSPS) is 11.8. The van der Waals surface area contributed by atoms with Crippen LogP contribution in [0.15, 0.2) is 206 Å². The molecule has 13 rings (SSSR count). The third-order valence-corrected chi connectivity index (χ3v) is 14.4. The van der Waals surface area contributed by atoms with Crippen LogP contribution >= 0.6 is 0 Å². The zero-order chi connectivity index (χ0) is 47.0. The van der Waals surface area contributed by atoms with Crippen molar-refractivity contribution in [1.29, 1.82) is 0 Å². The third kappa shape index (κ3) is 7.23. The van der Waals surface area contributed by atoms with Crippen LogP contribution in [0.4, 0.5) is 0 Å². The Bertz CT molecular complexity index is 3770. The average Bonchev–Trinajstić information content (AvgIpc) is 4.18. The van der Waals surface area contributed by atoms with E-state index in [0.29, 0.717) is 11.8 Å². The molecule has 0 N–H and O–H groups in total. The summed E-state index contributed by atoms with van der Waals surface area (Å²) in [5, 5.41) is 4.22. The van der Waals surface area contributed by atoms with Gasteiger partial charge in [0.2, 0.25) is 0 Å². The SMILES string of the molecule is CC(C)c1ccc(-c2c3nc(c(-c4ccccc4)c4[n-]c(c(-c5ccc(C(C)C)cc5)c5nc(c(-c6ccccc6)c6[n-]c2c2ccccc62)-c2ccccc2-5)c2ccccc42)-c2ccccc2-3)cc1.[Pt]. The van der Waals surface area contributed by atoms with Gasteiger partial charge in [-0.15, -0.1) is 22.1 Å². The molecular formula is C66H48N4Pt-2. The molecular weight excluding hydrogens is 1040 g/mol. The molecule has 4 nitrogen and oxygen atoms in total. The molecule has 1 aliphatic carbocycles. The fraction of sp³-hybridized carbons (Fsp3) is 0.0909. The maximum Gasteiger partial charge on any atom is 0.0782 e. The molecule has 2 aliphatic heterocycles. The molecule has 0 radical (unpaired) electrons. The zero-order valence-corrected chi connectivity index (χ0v) is 42.2. The Kier molecular flexibility index (Phi) is 11.1. The molecule has 71 heavy (non-hydrogen) atoms. The van der Waals surface area contributed by atoms with Crippen molar-refractivity contribution in [1.82, 2.24) is 19.9 Å². The number of benzene rings is 8. The minimum Gasteiger partial charge on any atom is -0.656 e. The molecule has 0 unspecified atom stereocenters. The molecule has 0 spiro atoms. The molecule has 344 valence electrons. The van der Waals surface area contributed by atoms with Gasteiger partial charge < -0.3 is 9.97 Å². The summed E-state index contributed by atoms with van der Waals surface area (Å²) in [6.45, 7) is 8.98. The molecule has 5 heteroatoms. The van der Waals surface area contributed by atoms with Gasteiger partial charge in [0, 0.05) is 43.3 Å². The van der Waals surface area contributed by atoms with Crippen molar-refractivity contribution in [2.75, 3.05) is 0 Å². The van der Waals surface area contributed by atoms with E-state index in [1.807, 2.05) is 0 Å². The Balaban J connectivity index is 0.00000517. The first-order chi connectivity index (χ1) is 34.4. The van der Waals surface area contributed by atoms with Crippen LogP contribution in [-0.4, -0.2) is 9.97 Å². The average molecular weight is 1090 g/mol. The van der Waals surface area contributed by atoms with Crippen molar-refractivity contribution in [2.45, 2.75) is 39.5 Å². The minimum atomic E-state index is 0. The van der Waals surface area contributed by atoms with Crippen LogP contribution in [0.3, 0.4) is 0 Å². The molecule has 0 saturated heterocycles. The second kappa shape index (κ2) is 17.8. The van der Waals surface area contributed by atoms with E-state index in [2.05, 4.69) is 234 Å². The Morgan fingerprint density at radius 1 is 0.282 bits per heavy atom. The van der Waals surface area contributed by atoms with Gasteiger partial charge in [0.1, 0.15) is 0 Å². The van der Waals surface area contributed by atoms with E-state index in [0.717, 1.165) is 133 Å². The van der Waals surface area contributed by atoms with Gasteiger partial charge in [0.25, 0.3) is 0 Å². The molecule has 0 saturated carbocycles. The largest absolute Gasteiger partial charge is 0.656 e. The Hall–Kier alpha value is -7.91. The van der Waals surface area contributed by atoms with Crippen LogP contribution in [0.25, 0.3) is 133 Å². The molecule has 2 aromatic heterocycles. The summed E-state index contributed by atoms with van der Waals surface area (Å²) in [4.78, 5) is 23.7. The summed E-state index contributed by atoms with van der Waals surface area (Å²) in [5.74, 6) is 0.753. The van der Waals surface area contributed by atoms with Crippen LogP contribution in [-0.2, 0) is 21.1 Å². The summed E-state index contributed by atoms with van der Waals surface area (Å²) >= 11 is 0. The van der Waals surface area contributed by atoms with E-state index in [4.69, 9.17) is 19.9 Å². The summed E-state index contributed by atoms with van der Waals surface area (Å²) in [6, 6.07) is 74.4. The van der Waals surface area contributed by atoms with Gasteiger partial charge in [-0.25, -0.2) is 9.97 Å². The summed E-state index contributed by atoms with van der Waals surface area (Å²) in [6.07, 6.45) is 0. The van der Waals surface area contributed by atoms with Gasteiger partial charge in [-0.2, -0.15) is 0 Å². The number of hydrogen-bond acceptors (Lipinski definition) is 2. The molecule has 0 fully saturated rings. The third-order valence-electron chi connectivity index (χ3n) is 14.4. The van der Waals surface area contributed by atoms with Crippen molar-refractivity contribution in [2.24, 2.45) is 0 Å². The van der Waals surface area contributed by atoms with Crippen molar-refractivity contribution in [3.8, 4) is 89.5 Å². The van der Waals surface area contributed by atoms with E-state index in [9.17, 15) is 0 Å². The van der Waals surface area contributed by atoms with Gasteiger partial charge in [-0.1, -0.05) is 234 Å². The van der Waals surface area contributed by atoms with Crippen LogP contribution in [0.1, 0.15) is 50.7 Å².